The number of amides is 1. The monoisotopic (exact) mass is 273 g/mol. The Morgan fingerprint density at radius 1 is 1.30 bits per heavy atom. The summed E-state index contributed by atoms with van der Waals surface area (Å²) in [5, 5.41) is 2.70. The van der Waals surface area contributed by atoms with Gasteiger partial charge in [0.15, 0.2) is 0 Å². The van der Waals surface area contributed by atoms with Crippen LogP contribution in [-0.4, -0.2) is 12.5 Å². The molecule has 0 fully saturated rings. The SMILES string of the molecule is Cc1ccc(C=CC(=O)NCCc2ccccc2F)o1. The van der Waals surface area contributed by atoms with Gasteiger partial charge in [-0.05, 0) is 43.2 Å². The molecule has 1 aromatic heterocycles. The Morgan fingerprint density at radius 2 is 2.10 bits per heavy atom. The van der Waals surface area contributed by atoms with E-state index in [-0.39, 0.29) is 11.7 Å². The maximum absolute atomic E-state index is 13.3. The highest BCUT2D eigenvalue weighted by molar-refractivity contribution is 5.91. The molecule has 0 radical (unpaired) electrons. The van der Waals surface area contributed by atoms with E-state index < -0.39 is 0 Å². The second kappa shape index (κ2) is 6.70. The van der Waals surface area contributed by atoms with Gasteiger partial charge in [0.05, 0.1) is 0 Å². The van der Waals surface area contributed by atoms with Crippen molar-refractivity contribution in [2.75, 3.05) is 6.54 Å². The Balaban J connectivity index is 1.78. The third kappa shape index (κ3) is 4.09. The van der Waals surface area contributed by atoms with Gasteiger partial charge in [0.1, 0.15) is 17.3 Å². The third-order valence-corrected chi connectivity index (χ3v) is 2.81. The van der Waals surface area contributed by atoms with Crippen molar-refractivity contribution in [3.63, 3.8) is 0 Å². The maximum Gasteiger partial charge on any atom is 0.244 e. The predicted octanol–water partition coefficient (Wildman–Crippen LogP) is 3.10. The van der Waals surface area contributed by atoms with Crippen LogP contribution in [0.5, 0.6) is 0 Å². The zero-order valence-electron chi connectivity index (χ0n) is 11.2. The van der Waals surface area contributed by atoms with Crippen LogP contribution < -0.4 is 5.32 Å². The molecule has 0 aliphatic carbocycles. The second-order valence-corrected chi connectivity index (χ2v) is 4.41. The van der Waals surface area contributed by atoms with Crippen molar-refractivity contribution < 1.29 is 13.6 Å². The number of carbonyl (C=O) groups excluding carboxylic acids is 1. The summed E-state index contributed by atoms with van der Waals surface area (Å²) >= 11 is 0. The average molecular weight is 273 g/mol. The molecule has 1 heterocycles. The zero-order chi connectivity index (χ0) is 14.4. The quantitative estimate of drug-likeness (QED) is 0.851. The molecule has 104 valence electrons. The molecule has 0 atom stereocenters. The zero-order valence-corrected chi connectivity index (χ0v) is 11.2. The molecule has 4 heteroatoms. The molecular formula is C16H16FNO2. The minimum Gasteiger partial charge on any atom is -0.462 e. The number of nitrogens with one attached hydrogen (secondary N) is 1. The number of furan rings is 1. The van der Waals surface area contributed by atoms with Gasteiger partial charge in [-0.25, -0.2) is 4.39 Å². The Morgan fingerprint density at radius 3 is 2.80 bits per heavy atom. The number of aryl methyl sites for hydroxylation is 1. The fraction of sp³-hybridized carbons (Fsp3) is 0.188. The fourth-order valence-electron chi connectivity index (χ4n) is 1.78. The fourth-order valence-corrected chi connectivity index (χ4v) is 1.78. The highest BCUT2D eigenvalue weighted by atomic mass is 19.1. The van der Waals surface area contributed by atoms with Gasteiger partial charge in [0.25, 0.3) is 0 Å². The molecule has 2 rings (SSSR count). The standard InChI is InChI=1S/C16H16FNO2/c1-12-6-7-14(20-12)8-9-16(19)18-11-10-13-4-2-3-5-15(13)17/h2-9H,10-11H2,1H3,(H,18,19). The lowest BCUT2D eigenvalue weighted by atomic mass is 10.1. The van der Waals surface area contributed by atoms with E-state index in [1.54, 1.807) is 30.3 Å². The lowest BCUT2D eigenvalue weighted by Gasteiger charge is -2.03. The van der Waals surface area contributed by atoms with E-state index in [0.717, 1.165) is 5.76 Å². The minimum absolute atomic E-state index is 0.226. The normalized spacial score (nSPS) is 10.9. The Bertz CT molecular complexity index is 616. The van der Waals surface area contributed by atoms with Crippen LogP contribution in [0.1, 0.15) is 17.1 Å². The molecule has 1 N–H and O–H groups in total. The number of benzene rings is 1. The van der Waals surface area contributed by atoms with E-state index in [0.29, 0.717) is 24.3 Å². The van der Waals surface area contributed by atoms with Gasteiger partial charge in [-0.3, -0.25) is 4.79 Å². The summed E-state index contributed by atoms with van der Waals surface area (Å²) in [5.41, 5.74) is 0.596. The van der Waals surface area contributed by atoms with Crippen LogP contribution in [0.25, 0.3) is 6.08 Å². The molecule has 2 aromatic rings. The molecule has 3 nitrogen and oxygen atoms in total. The van der Waals surface area contributed by atoms with E-state index >= 15 is 0 Å². The van der Waals surface area contributed by atoms with Crippen LogP contribution in [0, 0.1) is 12.7 Å². The van der Waals surface area contributed by atoms with Gasteiger partial charge in [-0.2, -0.15) is 0 Å². The molecule has 0 spiro atoms. The number of hydrogen-bond donors (Lipinski definition) is 1. The first-order valence-electron chi connectivity index (χ1n) is 6.41. The summed E-state index contributed by atoms with van der Waals surface area (Å²) in [7, 11) is 0. The van der Waals surface area contributed by atoms with Gasteiger partial charge in [-0.1, -0.05) is 18.2 Å². The van der Waals surface area contributed by atoms with Gasteiger partial charge >= 0.3 is 0 Å². The number of hydrogen-bond acceptors (Lipinski definition) is 2. The summed E-state index contributed by atoms with van der Waals surface area (Å²) in [4.78, 5) is 11.6. The van der Waals surface area contributed by atoms with Crippen LogP contribution in [0.3, 0.4) is 0 Å². The van der Waals surface area contributed by atoms with Gasteiger partial charge in [0, 0.05) is 12.6 Å². The smallest absolute Gasteiger partial charge is 0.244 e. The lowest BCUT2D eigenvalue weighted by molar-refractivity contribution is -0.116. The molecule has 0 aliphatic rings. The molecule has 1 amide bonds. The highest BCUT2D eigenvalue weighted by Gasteiger charge is 2.01. The maximum atomic E-state index is 13.3. The first kappa shape index (κ1) is 14.1. The summed E-state index contributed by atoms with van der Waals surface area (Å²) < 4.78 is 18.7. The average Bonchev–Trinajstić information content (AvgIpc) is 2.84. The van der Waals surface area contributed by atoms with Crippen molar-refractivity contribution in [1.82, 2.24) is 5.32 Å². The van der Waals surface area contributed by atoms with Gasteiger partial charge in [-0.15, -0.1) is 0 Å². The second-order valence-electron chi connectivity index (χ2n) is 4.41. The molecular weight excluding hydrogens is 257 g/mol. The molecule has 0 saturated heterocycles. The van der Waals surface area contributed by atoms with Crippen LogP contribution in [0.2, 0.25) is 0 Å². The molecule has 20 heavy (non-hydrogen) atoms. The topological polar surface area (TPSA) is 42.2 Å². The highest BCUT2D eigenvalue weighted by Crippen LogP contribution is 2.08. The van der Waals surface area contributed by atoms with E-state index in [9.17, 15) is 9.18 Å². The molecule has 0 saturated carbocycles. The van der Waals surface area contributed by atoms with Crippen LogP contribution in [0.4, 0.5) is 4.39 Å². The molecule has 0 bridgehead atoms. The van der Waals surface area contributed by atoms with Crippen molar-refractivity contribution >= 4 is 12.0 Å². The van der Waals surface area contributed by atoms with Crippen molar-refractivity contribution in [2.24, 2.45) is 0 Å². The molecule has 0 unspecified atom stereocenters. The Kier molecular flexibility index (Phi) is 4.71. The van der Waals surface area contributed by atoms with Gasteiger partial charge in [0.2, 0.25) is 5.91 Å². The van der Waals surface area contributed by atoms with Crippen LogP contribution >= 0.6 is 0 Å². The largest absolute Gasteiger partial charge is 0.462 e. The Hall–Kier alpha value is -2.36. The summed E-state index contributed by atoms with van der Waals surface area (Å²) in [6.45, 7) is 2.23. The third-order valence-electron chi connectivity index (χ3n) is 2.81. The number of halogens is 1. The van der Waals surface area contributed by atoms with E-state index in [2.05, 4.69) is 5.32 Å². The summed E-state index contributed by atoms with van der Waals surface area (Å²) in [6, 6.07) is 10.2. The van der Waals surface area contributed by atoms with E-state index in [1.165, 1.54) is 12.1 Å². The van der Waals surface area contributed by atoms with Crippen molar-refractivity contribution in [1.29, 1.82) is 0 Å². The first-order chi connectivity index (χ1) is 9.65. The van der Waals surface area contributed by atoms with E-state index in [4.69, 9.17) is 4.42 Å². The number of rotatable bonds is 5. The van der Waals surface area contributed by atoms with Crippen LogP contribution in [-0.2, 0) is 11.2 Å². The van der Waals surface area contributed by atoms with Crippen molar-refractivity contribution in [3.05, 3.63) is 65.4 Å². The first-order valence-corrected chi connectivity index (χ1v) is 6.41. The minimum atomic E-state index is -0.247. The summed E-state index contributed by atoms with van der Waals surface area (Å²) in [6.07, 6.45) is 3.47. The Labute approximate surface area is 117 Å². The van der Waals surface area contributed by atoms with E-state index in [1.807, 2.05) is 13.0 Å². The lowest BCUT2D eigenvalue weighted by Crippen LogP contribution is -2.23. The summed E-state index contributed by atoms with van der Waals surface area (Å²) in [5.74, 6) is 0.954. The molecule has 1 aromatic carbocycles. The van der Waals surface area contributed by atoms with Crippen molar-refractivity contribution in [2.45, 2.75) is 13.3 Å². The van der Waals surface area contributed by atoms with Crippen molar-refractivity contribution in [3.8, 4) is 0 Å². The predicted molar refractivity (Wildman–Crippen MR) is 75.6 cm³/mol. The molecule has 0 aliphatic heterocycles. The van der Waals surface area contributed by atoms with Crippen LogP contribution in [0.15, 0.2) is 46.9 Å². The number of carbonyl (C=O) groups is 1. The van der Waals surface area contributed by atoms with Gasteiger partial charge < -0.3 is 9.73 Å².